The first-order valence-electron chi connectivity index (χ1n) is 6.50. The number of benzene rings is 2. The summed E-state index contributed by atoms with van der Waals surface area (Å²) in [4.78, 5) is 3.10. The molecule has 0 aliphatic carbocycles. The number of amidine groups is 1. The van der Waals surface area contributed by atoms with Crippen molar-refractivity contribution in [3.05, 3.63) is 58.6 Å². The first kappa shape index (κ1) is 15.7. The predicted octanol–water partition coefficient (Wildman–Crippen LogP) is 3.98. The standard InChI is InChI=1S/C16H18ClN3S/c1-20(10-11-5-3-6-12(17)9-11)13-7-4-8-14(21-2)15(13)16(18)19/h3-9H,10H2,1-2H3,(H3,18,19). The second-order valence-electron chi connectivity index (χ2n) is 4.75. The highest BCUT2D eigenvalue weighted by molar-refractivity contribution is 7.98. The highest BCUT2D eigenvalue weighted by Crippen LogP contribution is 2.29. The van der Waals surface area contributed by atoms with Crippen molar-refractivity contribution in [2.75, 3.05) is 18.2 Å². The Morgan fingerprint density at radius 3 is 2.62 bits per heavy atom. The Labute approximate surface area is 134 Å². The van der Waals surface area contributed by atoms with Gasteiger partial charge in [0.25, 0.3) is 0 Å². The highest BCUT2D eigenvalue weighted by Gasteiger charge is 2.14. The molecule has 21 heavy (non-hydrogen) atoms. The maximum atomic E-state index is 7.84. The van der Waals surface area contributed by atoms with Crippen LogP contribution in [-0.4, -0.2) is 19.1 Å². The fraction of sp³-hybridized carbons (Fsp3) is 0.188. The molecule has 0 saturated carbocycles. The summed E-state index contributed by atoms with van der Waals surface area (Å²) in [6.45, 7) is 0.707. The number of nitrogen functional groups attached to an aromatic ring is 1. The van der Waals surface area contributed by atoms with Gasteiger partial charge in [-0.15, -0.1) is 11.8 Å². The molecule has 2 aromatic carbocycles. The van der Waals surface area contributed by atoms with Crippen LogP contribution in [-0.2, 0) is 6.54 Å². The minimum absolute atomic E-state index is 0.0906. The molecule has 3 nitrogen and oxygen atoms in total. The van der Waals surface area contributed by atoms with Crippen LogP contribution in [0.25, 0.3) is 0 Å². The molecule has 2 aromatic rings. The lowest BCUT2D eigenvalue weighted by atomic mass is 10.1. The molecule has 0 bridgehead atoms. The van der Waals surface area contributed by atoms with Gasteiger partial charge in [0.1, 0.15) is 5.84 Å². The molecule has 3 N–H and O–H groups in total. The Bertz CT molecular complexity index is 658. The molecule has 0 amide bonds. The van der Waals surface area contributed by atoms with Crippen LogP contribution in [0.1, 0.15) is 11.1 Å². The van der Waals surface area contributed by atoms with Crippen LogP contribution in [0, 0.1) is 5.41 Å². The van der Waals surface area contributed by atoms with Gasteiger partial charge in [0.05, 0.1) is 5.56 Å². The van der Waals surface area contributed by atoms with E-state index in [4.69, 9.17) is 22.7 Å². The first-order chi connectivity index (χ1) is 10.0. The molecule has 0 aromatic heterocycles. The summed E-state index contributed by atoms with van der Waals surface area (Å²) in [5, 5.41) is 8.57. The zero-order chi connectivity index (χ0) is 15.4. The fourth-order valence-corrected chi connectivity index (χ4v) is 3.12. The molecule has 0 radical (unpaired) electrons. The average molecular weight is 320 g/mol. The molecule has 0 fully saturated rings. The normalized spacial score (nSPS) is 10.4. The van der Waals surface area contributed by atoms with E-state index in [1.807, 2.05) is 55.8 Å². The highest BCUT2D eigenvalue weighted by atomic mass is 35.5. The molecule has 0 saturated heterocycles. The van der Waals surface area contributed by atoms with E-state index in [1.165, 1.54) is 0 Å². The van der Waals surface area contributed by atoms with Crippen LogP contribution in [0.2, 0.25) is 5.02 Å². The van der Waals surface area contributed by atoms with Crippen LogP contribution in [0.5, 0.6) is 0 Å². The van der Waals surface area contributed by atoms with Gasteiger partial charge in [-0.05, 0) is 36.1 Å². The summed E-state index contributed by atoms with van der Waals surface area (Å²) in [6.07, 6.45) is 1.99. The smallest absolute Gasteiger partial charge is 0.126 e. The molecule has 0 spiro atoms. The lowest BCUT2D eigenvalue weighted by Gasteiger charge is -2.23. The van der Waals surface area contributed by atoms with E-state index < -0.39 is 0 Å². The molecule has 0 atom stereocenters. The van der Waals surface area contributed by atoms with Crippen LogP contribution < -0.4 is 10.6 Å². The topological polar surface area (TPSA) is 53.1 Å². The minimum Gasteiger partial charge on any atom is -0.384 e. The van der Waals surface area contributed by atoms with Gasteiger partial charge in [0, 0.05) is 29.2 Å². The Balaban J connectivity index is 2.35. The number of halogens is 1. The van der Waals surface area contributed by atoms with Crippen molar-refractivity contribution in [1.82, 2.24) is 0 Å². The van der Waals surface area contributed by atoms with Crippen LogP contribution in [0.15, 0.2) is 47.4 Å². The van der Waals surface area contributed by atoms with Gasteiger partial charge in [0.2, 0.25) is 0 Å². The van der Waals surface area contributed by atoms with Gasteiger partial charge in [-0.2, -0.15) is 0 Å². The first-order valence-corrected chi connectivity index (χ1v) is 8.10. The van der Waals surface area contributed by atoms with E-state index in [0.29, 0.717) is 6.54 Å². The number of hydrogen-bond donors (Lipinski definition) is 2. The predicted molar refractivity (Wildman–Crippen MR) is 92.8 cm³/mol. The van der Waals surface area contributed by atoms with Crippen molar-refractivity contribution in [3.63, 3.8) is 0 Å². The van der Waals surface area contributed by atoms with E-state index in [0.717, 1.165) is 26.7 Å². The number of anilines is 1. The van der Waals surface area contributed by atoms with Crippen molar-refractivity contribution in [1.29, 1.82) is 5.41 Å². The van der Waals surface area contributed by atoms with E-state index in [2.05, 4.69) is 4.90 Å². The Morgan fingerprint density at radius 1 is 1.29 bits per heavy atom. The second kappa shape index (κ2) is 6.87. The summed E-state index contributed by atoms with van der Waals surface area (Å²) in [5.74, 6) is 0.0906. The van der Waals surface area contributed by atoms with Gasteiger partial charge in [0.15, 0.2) is 0 Å². The molecule has 5 heteroatoms. The Hall–Kier alpha value is -1.65. The molecule has 0 aliphatic rings. The lowest BCUT2D eigenvalue weighted by Crippen LogP contribution is -2.22. The van der Waals surface area contributed by atoms with E-state index in [-0.39, 0.29) is 5.84 Å². The molecular weight excluding hydrogens is 302 g/mol. The van der Waals surface area contributed by atoms with Crippen molar-refractivity contribution in [3.8, 4) is 0 Å². The fourth-order valence-electron chi connectivity index (χ4n) is 2.27. The van der Waals surface area contributed by atoms with Crippen molar-refractivity contribution in [2.24, 2.45) is 5.73 Å². The van der Waals surface area contributed by atoms with Crippen molar-refractivity contribution in [2.45, 2.75) is 11.4 Å². The van der Waals surface area contributed by atoms with Crippen LogP contribution in [0.3, 0.4) is 0 Å². The van der Waals surface area contributed by atoms with Gasteiger partial charge in [-0.25, -0.2) is 0 Å². The SMILES string of the molecule is CSc1cccc(N(C)Cc2cccc(Cl)c2)c1C(=N)N. The third-order valence-corrected chi connectivity index (χ3v) is 4.23. The van der Waals surface area contributed by atoms with Gasteiger partial charge in [-0.1, -0.05) is 29.8 Å². The van der Waals surface area contributed by atoms with Gasteiger partial charge >= 0.3 is 0 Å². The Kier molecular flexibility index (Phi) is 5.15. The molecule has 0 heterocycles. The Morgan fingerprint density at radius 2 is 2.00 bits per heavy atom. The zero-order valence-electron chi connectivity index (χ0n) is 12.1. The maximum absolute atomic E-state index is 7.84. The molecule has 0 unspecified atom stereocenters. The summed E-state index contributed by atoms with van der Waals surface area (Å²) >= 11 is 7.62. The van der Waals surface area contributed by atoms with Crippen LogP contribution >= 0.6 is 23.4 Å². The van der Waals surface area contributed by atoms with Crippen LogP contribution in [0.4, 0.5) is 5.69 Å². The summed E-state index contributed by atoms with van der Waals surface area (Å²) < 4.78 is 0. The number of nitrogens with two attached hydrogens (primary N) is 1. The third-order valence-electron chi connectivity index (χ3n) is 3.21. The second-order valence-corrected chi connectivity index (χ2v) is 6.04. The summed E-state index contributed by atoms with van der Waals surface area (Å²) in [6, 6.07) is 13.7. The third kappa shape index (κ3) is 3.71. The molecular formula is C16H18ClN3S. The number of nitrogens with zero attached hydrogens (tertiary/aromatic N) is 1. The summed E-state index contributed by atoms with van der Waals surface area (Å²) in [7, 11) is 1.99. The molecule has 110 valence electrons. The zero-order valence-corrected chi connectivity index (χ0v) is 13.6. The lowest BCUT2D eigenvalue weighted by molar-refractivity contribution is 0.918. The van der Waals surface area contributed by atoms with Gasteiger partial charge < -0.3 is 10.6 Å². The van der Waals surface area contributed by atoms with Crippen molar-refractivity contribution < 1.29 is 0 Å². The van der Waals surface area contributed by atoms with E-state index in [1.54, 1.807) is 11.8 Å². The number of nitrogens with one attached hydrogen (secondary N) is 1. The maximum Gasteiger partial charge on any atom is 0.126 e. The largest absolute Gasteiger partial charge is 0.384 e. The number of rotatable bonds is 5. The number of hydrogen-bond acceptors (Lipinski definition) is 3. The molecule has 0 aliphatic heterocycles. The monoisotopic (exact) mass is 319 g/mol. The van der Waals surface area contributed by atoms with E-state index >= 15 is 0 Å². The summed E-state index contributed by atoms with van der Waals surface area (Å²) in [5.41, 5.74) is 8.63. The minimum atomic E-state index is 0.0906. The van der Waals surface area contributed by atoms with Gasteiger partial charge in [-0.3, -0.25) is 5.41 Å². The van der Waals surface area contributed by atoms with Crippen molar-refractivity contribution >= 4 is 34.9 Å². The quantitative estimate of drug-likeness (QED) is 0.498. The average Bonchev–Trinajstić information content (AvgIpc) is 2.46. The molecule has 2 rings (SSSR count). The number of thioether (sulfide) groups is 1. The van der Waals surface area contributed by atoms with E-state index in [9.17, 15) is 0 Å².